The summed E-state index contributed by atoms with van der Waals surface area (Å²) in [6.07, 6.45) is 1.79. The summed E-state index contributed by atoms with van der Waals surface area (Å²) in [7, 11) is 1.62. The van der Waals surface area contributed by atoms with Gasteiger partial charge in [0.15, 0.2) is 5.96 Å². The first-order valence-electron chi connectivity index (χ1n) is 8.72. The van der Waals surface area contributed by atoms with Crippen LogP contribution in [-0.4, -0.2) is 23.8 Å². The van der Waals surface area contributed by atoms with Crippen LogP contribution in [0.5, 0.6) is 0 Å². The fourth-order valence-corrected chi connectivity index (χ4v) is 5.33. The van der Waals surface area contributed by atoms with Gasteiger partial charge in [0.05, 0.1) is 26.7 Å². The van der Waals surface area contributed by atoms with Gasteiger partial charge in [0, 0.05) is 11.9 Å². The number of nitrogens with zero attached hydrogens (tertiary/aromatic N) is 2. The van der Waals surface area contributed by atoms with Gasteiger partial charge in [-0.2, -0.15) is 5.26 Å². The largest absolute Gasteiger partial charge is 0.345 e. The van der Waals surface area contributed by atoms with Crippen molar-refractivity contribution in [3.8, 4) is 6.07 Å². The highest BCUT2D eigenvalue weighted by atomic mass is 79.9. The van der Waals surface area contributed by atoms with Crippen molar-refractivity contribution in [2.75, 3.05) is 7.05 Å². The predicted molar refractivity (Wildman–Crippen MR) is 109 cm³/mol. The first-order chi connectivity index (χ1) is 12.8. The summed E-state index contributed by atoms with van der Waals surface area (Å²) in [6.45, 7) is 1.97. The maximum atomic E-state index is 13.2. The number of hydrogen-bond donors (Lipinski definition) is 2. The molecule has 2 heterocycles. The molecule has 0 unspecified atom stereocenters. The second-order valence-electron chi connectivity index (χ2n) is 7.43. The lowest BCUT2D eigenvalue weighted by molar-refractivity contribution is -0.131. The Hall–Kier alpha value is -2.17. The summed E-state index contributed by atoms with van der Waals surface area (Å²) in [5.41, 5.74) is 0.850. The molecule has 0 bridgehead atoms. The van der Waals surface area contributed by atoms with Gasteiger partial charge in [-0.25, -0.2) is 0 Å². The van der Waals surface area contributed by atoms with Gasteiger partial charge in [0.25, 0.3) is 0 Å². The molecular weight excluding hydrogens is 424 g/mol. The zero-order valence-corrected chi connectivity index (χ0v) is 17.4. The van der Waals surface area contributed by atoms with Crippen LogP contribution in [0.15, 0.2) is 40.2 Å². The topological polar surface area (TPSA) is 80.0 Å². The van der Waals surface area contributed by atoms with E-state index < -0.39 is 11.5 Å². The highest BCUT2D eigenvalue weighted by molar-refractivity contribution is 9.11. The van der Waals surface area contributed by atoms with Crippen LogP contribution in [0.2, 0.25) is 0 Å². The number of thiophene rings is 1. The number of hydrogen-bond acceptors (Lipinski definition) is 4. The number of rotatable bonds is 3. The van der Waals surface area contributed by atoms with Crippen molar-refractivity contribution >= 4 is 39.1 Å². The number of nitriles is 1. The number of guanidine groups is 1. The predicted octanol–water partition coefficient (Wildman–Crippen LogP) is 4.06. The number of amides is 1. The van der Waals surface area contributed by atoms with Crippen molar-refractivity contribution in [1.29, 1.82) is 10.7 Å². The van der Waals surface area contributed by atoms with E-state index in [2.05, 4.69) is 27.3 Å². The molecule has 1 saturated heterocycles. The Kier molecular flexibility index (Phi) is 4.17. The van der Waals surface area contributed by atoms with Crippen LogP contribution in [0.25, 0.3) is 0 Å². The van der Waals surface area contributed by atoms with Crippen molar-refractivity contribution in [2.45, 2.75) is 36.6 Å². The van der Waals surface area contributed by atoms with Crippen LogP contribution >= 0.6 is 27.3 Å². The molecule has 1 aromatic heterocycles. The molecule has 1 amide bonds. The minimum atomic E-state index is -0.717. The van der Waals surface area contributed by atoms with E-state index in [1.54, 1.807) is 18.4 Å². The highest BCUT2D eigenvalue weighted by Crippen LogP contribution is 2.49. The summed E-state index contributed by atoms with van der Waals surface area (Å²) in [4.78, 5) is 15.5. The van der Waals surface area contributed by atoms with E-state index in [0.29, 0.717) is 0 Å². The third-order valence-corrected chi connectivity index (χ3v) is 7.58. The number of halogens is 1. The summed E-state index contributed by atoms with van der Waals surface area (Å²) < 4.78 is 0.984. The quantitative estimate of drug-likeness (QED) is 0.751. The van der Waals surface area contributed by atoms with Crippen molar-refractivity contribution < 1.29 is 4.79 Å². The molecule has 2 atom stereocenters. The van der Waals surface area contributed by atoms with Gasteiger partial charge in [0.2, 0.25) is 5.91 Å². The smallest absolute Gasteiger partial charge is 0.239 e. The molecule has 0 radical (unpaired) electrons. The summed E-state index contributed by atoms with van der Waals surface area (Å²) >= 11 is 5.06. The minimum Gasteiger partial charge on any atom is -0.345 e. The van der Waals surface area contributed by atoms with Gasteiger partial charge in [-0.1, -0.05) is 24.3 Å². The zero-order chi connectivity index (χ0) is 19.4. The van der Waals surface area contributed by atoms with Crippen molar-refractivity contribution in [3.63, 3.8) is 0 Å². The van der Waals surface area contributed by atoms with Crippen LogP contribution < -0.4 is 5.32 Å². The zero-order valence-electron chi connectivity index (χ0n) is 15.0. The SMILES string of the molecule is CN1C(=N)N[C@](C)(c2ccc(Br)s2)[C@@H](c2ccc(C3(C#N)CC3)cc2)C1=O. The Labute approximate surface area is 170 Å². The third-order valence-electron chi connectivity index (χ3n) is 5.71. The lowest BCUT2D eigenvalue weighted by Crippen LogP contribution is -2.62. The number of carbonyl (C=O) groups excluding carboxylic acids is 1. The summed E-state index contributed by atoms with van der Waals surface area (Å²) in [6, 6.07) is 14.2. The van der Waals surface area contributed by atoms with Crippen molar-refractivity contribution in [2.24, 2.45) is 0 Å². The highest BCUT2D eigenvalue weighted by Gasteiger charge is 2.49. The van der Waals surface area contributed by atoms with Crippen LogP contribution in [0, 0.1) is 16.7 Å². The van der Waals surface area contributed by atoms with Crippen LogP contribution in [0.1, 0.15) is 41.7 Å². The molecule has 1 aromatic carbocycles. The molecule has 4 rings (SSSR count). The molecular formula is C20H19BrN4OS. The van der Waals surface area contributed by atoms with Gasteiger partial charge >= 0.3 is 0 Å². The average molecular weight is 443 g/mol. The van der Waals surface area contributed by atoms with Crippen molar-refractivity contribution in [1.82, 2.24) is 10.2 Å². The van der Waals surface area contributed by atoms with Gasteiger partial charge in [-0.05, 0) is 59.0 Å². The standard InChI is InChI=1S/C20H19BrN4OS/c1-19(14-7-8-15(21)27-14)16(17(26)25(2)18(23)24-19)12-3-5-13(6-4-12)20(11-22)9-10-20/h3-8,16H,9-10H2,1-2H3,(H2,23,24)/t16-,19+/m0/s1. The minimum absolute atomic E-state index is 0.0984. The van der Waals surface area contributed by atoms with Gasteiger partial charge < -0.3 is 5.32 Å². The number of carbonyl (C=O) groups is 1. The van der Waals surface area contributed by atoms with Gasteiger partial charge in [-0.3, -0.25) is 15.1 Å². The van der Waals surface area contributed by atoms with Crippen LogP contribution in [0.4, 0.5) is 0 Å². The lowest BCUT2D eigenvalue weighted by Gasteiger charge is -2.45. The van der Waals surface area contributed by atoms with E-state index in [0.717, 1.165) is 32.6 Å². The molecule has 0 spiro atoms. The van der Waals surface area contributed by atoms with Crippen LogP contribution in [0.3, 0.4) is 0 Å². The van der Waals surface area contributed by atoms with Gasteiger partial charge in [0.1, 0.15) is 0 Å². The third kappa shape index (κ3) is 2.79. The van der Waals surface area contributed by atoms with Gasteiger partial charge in [-0.15, -0.1) is 11.3 Å². The monoisotopic (exact) mass is 442 g/mol. The molecule has 2 aliphatic rings. The molecule has 2 aromatic rings. The van der Waals surface area contributed by atoms with E-state index in [1.165, 1.54) is 4.90 Å². The Morgan fingerprint density at radius 1 is 1.30 bits per heavy atom. The molecule has 1 aliphatic heterocycles. The Bertz CT molecular complexity index is 973. The average Bonchev–Trinajstić information content (AvgIpc) is 3.33. The fraction of sp³-hybridized carbons (Fsp3) is 0.350. The van der Waals surface area contributed by atoms with E-state index >= 15 is 0 Å². The Morgan fingerprint density at radius 2 is 1.96 bits per heavy atom. The number of likely N-dealkylation sites (N-methyl/N-ethyl adjacent to an activating group) is 1. The summed E-state index contributed by atoms with van der Waals surface area (Å²) in [5.74, 6) is -0.477. The molecule has 138 valence electrons. The number of benzene rings is 1. The summed E-state index contributed by atoms with van der Waals surface area (Å²) in [5, 5.41) is 20.9. The molecule has 27 heavy (non-hydrogen) atoms. The Morgan fingerprint density at radius 3 is 2.48 bits per heavy atom. The Balaban J connectivity index is 1.78. The van der Waals surface area contributed by atoms with Crippen molar-refractivity contribution in [3.05, 3.63) is 56.2 Å². The molecule has 7 heteroatoms. The molecule has 2 fully saturated rings. The molecule has 5 nitrogen and oxygen atoms in total. The molecule has 2 N–H and O–H groups in total. The lowest BCUT2D eigenvalue weighted by atomic mass is 9.76. The maximum absolute atomic E-state index is 13.2. The normalized spacial score (nSPS) is 26.4. The second kappa shape index (κ2) is 6.18. The first-order valence-corrected chi connectivity index (χ1v) is 10.3. The fourth-order valence-electron chi connectivity index (χ4n) is 3.81. The van der Waals surface area contributed by atoms with Crippen LogP contribution in [-0.2, 0) is 15.7 Å². The maximum Gasteiger partial charge on any atom is 0.239 e. The second-order valence-corrected chi connectivity index (χ2v) is 9.89. The van der Waals surface area contributed by atoms with E-state index in [1.807, 2.05) is 43.3 Å². The van der Waals surface area contributed by atoms with E-state index in [9.17, 15) is 10.1 Å². The van der Waals surface area contributed by atoms with E-state index in [4.69, 9.17) is 5.41 Å². The molecule has 1 aliphatic carbocycles. The molecule has 1 saturated carbocycles. The first kappa shape index (κ1) is 18.2. The number of nitrogens with one attached hydrogen (secondary N) is 2. The van der Waals surface area contributed by atoms with E-state index in [-0.39, 0.29) is 17.3 Å².